The minimum Gasteiger partial charge on any atom is -0.284 e. The monoisotopic (exact) mass is 311 g/mol. The average Bonchev–Trinajstić information content (AvgIpc) is 2.66. The third kappa shape index (κ3) is 2.20. The van der Waals surface area contributed by atoms with Crippen molar-refractivity contribution in [3.05, 3.63) is 107 Å². The van der Waals surface area contributed by atoms with E-state index < -0.39 is 0 Å². The lowest BCUT2D eigenvalue weighted by Crippen LogP contribution is -2.41. The third-order valence-electron chi connectivity index (χ3n) is 5.70. The average molecular weight is 311 g/mol. The first kappa shape index (κ1) is 14.0. The van der Waals surface area contributed by atoms with Gasteiger partial charge < -0.3 is 0 Å². The molecule has 0 aliphatic carbocycles. The highest BCUT2D eigenvalue weighted by Gasteiger charge is 2.37. The van der Waals surface area contributed by atoms with Gasteiger partial charge in [0.1, 0.15) is 0 Å². The molecule has 5 rings (SSSR count). The summed E-state index contributed by atoms with van der Waals surface area (Å²) in [7, 11) is 0. The minimum atomic E-state index is 0.472. The number of hydrogen-bond donors (Lipinski definition) is 0. The number of nitrogens with zero attached hydrogens (tertiary/aromatic N) is 1. The Kier molecular flexibility index (Phi) is 3.27. The highest BCUT2D eigenvalue weighted by molar-refractivity contribution is 5.41. The van der Waals surface area contributed by atoms with Gasteiger partial charge in [-0.15, -0.1) is 0 Å². The molecule has 0 spiro atoms. The van der Waals surface area contributed by atoms with Crippen LogP contribution in [0, 0.1) is 0 Å². The molecule has 1 nitrogen and oxygen atoms in total. The van der Waals surface area contributed by atoms with Gasteiger partial charge in [-0.3, -0.25) is 4.90 Å². The van der Waals surface area contributed by atoms with Crippen LogP contribution in [0.2, 0.25) is 0 Å². The van der Waals surface area contributed by atoms with Crippen LogP contribution < -0.4 is 0 Å². The molecule has 0 N–H and O–H groups in total. The van der Waals surface area contributed by atoms with E-state index in [-0.39, 0.29) is 0 Å². The Labute approximate surface area is 143 Å². The fourth-order valence-electron chi connectivity index (χ4n) is 4.51. The van der Waals surface area contributed by atoms with Crippen molar-refractivity contribution in [1.29, 1.82) is 0 Å². The molecular weight excluding hydrogens is 290 g/mol. The van der Waals surface area contributed by atoms with Crippen molar-refractivity contribution in [2.24, 2.45) is 0 Å². The first-order valence-electron chi connectivity index (χ1n) is 8.85. The van der Waals surface area contributed by atoms with E-state index in [9.17, 15) is 0 Å². The summed E-state index contributed by atoms with van der Waals surface area (Å²) in [6.07, 6.45) is 2.23. The van der Waals surface area contributed by atoms with Gasteiger partial charge in [0, 0.05) is 18.6 Å². The van der Waals surface area contributed by atoms with E-state index >= 15 is 0 Å². The summed E-state index contributed by atoms with van der Waals surface area (Å²) < 4.78 is 0. The van der Waals surface area contributed by atoms with Crippen LogP contribution in [-0.4, -0.2) is 4.90 Å². The van der Waals surface area contributed by atoms with Crippen LogP contribution in [0.25, 0.3) is 0 Å². The topological polar surface area (TPSA) is 3.24 Å². The fraction of sp³-hybridized carbons (Fsp3) is 0.217. The van der Waals surface area contributed by atoms with Crippen molar-refractivity contribution in [2.75, 3.05) is 0 Å². The number of fused-ring (bicyclic) bond motifs is 4. The third-order valence-corrected chi connectivity index (χ3v) is 5.70. The van der Waals surface area contributed by atoms with Crippen molar-refractivity contribution in [2.45, 2.75) is 31.5 Å². The smallest absolute Gasteiger partial charge is 0.0401 e. The van der Waals surface area contributed by atoms with E-state index in [0.29, 0.717) is 12.1 Å². The molecule has 3 aromatic carbocycles. The van der Waals surface area contributed by atoms with E-state index in [4.69, 9.17) is 0 Å². The highest BCUT2D eigenvalue weighted by atomic mass is 15.2. The Hall–Kier alpha value is -2.38. The molecule has 3 aromatic rings. The summed E-state index contributed by atoms with van der Waals surface area (Å²) >= 11 is 0. The Bertz CT molecular complexity index is 868. The van der Waals surface area contributed by atoms with Crippen molar-refractivity contribution in [3.8, 4) is 0 Å². The lowest BCUT2D eigenvalue weighted by molar-refractivity contribution is 0.0955. The van der Waals surface area contributed by atoms with Gasteiger partial charge >= 0.3 is 0 Å². The molecule has 0 saturated heterocycles. The summed E-state index contributed by atoms with van der Waals surface area (Å²) in [5, 5.41) is 0. The summed E-state index contributed by atoms with van der Waals surface area (Å²) in [5.74, 6) is 0. The molecule has 0 radical (unpaired) electrons. The molecule has 0 aromatic heterocycles. The summed E-state index contributed by atoms with van der Waals surface area (Å²) in [5.41, 5.74) is 7.50. The van der Waals surface area contributed by atoms with E-state index in [1.807, 2.05) is 0 Å². The SMILES string of the molecule is c1ccc(C2Cc3ccccc3C3Cc4ccccc4CN23)cc1. The van der Waals surface area contributed by atoms with Crippen molar-refractivity contribution in [3.63, 3.8) is 0 Å². The Morgan fingerprint density at radius 3 is 2.04 bits per heavy atom. The van der Waals surface area contributed by atoms with Crippen molar-refractivity contribution >= 4 is 0 Å². The molecule has 2 heterocycles. The molecule has 118 valence electrons. The second-order valence-corrected chi connectivity index (χ2v) is 6.99. The molecule has 2 unspecified atom stereocenters. The maximum atomic E-state index is 2.72. The fourth-order valence-corrected chi connectivity index (χ4v) is 4.51. The van der Waals surface area contributed by atoms with Crippen LogP contribution in [0.15, 0.2) is 78.9 Å². The van der Waals surface area contributed by atoms with Gasteiger partial charge in [-0.2, -0.15) is 0 Å². The van der Waals surface area contributed by atoms with E-state index in [1.54, 1.807) is 0 Å². The Balaban J connectivity index is 1.65. The van der Waals surface area contributed by atoms with Crippen LogP contribution in [0.1, 0.15) is 39.9 Å². The second kappa shape index (κ2) is 5.61. The molecule has 0 saturated carbocycles. The lowest BCUT2D eigenvalue weighted by Gasteiger charge is -2.46. The molecule has 0 amide bonds. The molecule has 2 aliphatic heterocycles. The number of benzene rings is 3. The Morgan fingerprint density at radius 2 is 1.21 bits per heavy atom. The molecule has 2 aliphatic rings. The molecule has 0 bridgehead atoms. The van der Waals surface area contributed by atoms with E-state index in [0.717, 1.165) is 19.4 Å². The van der Waals surface area contributed by atoms with Gasteiger partial charge in [-0.1, -0.05) is 78.9 Å². The van der Waals surface area contributed by atoms with Crippen molar-refractivity contribution < 1.29 is 0 Å². The summed E-state index contributed by atoms with van der Waals surface area (Å²) in [6, 6.07) is 30.0. The largest absolute Gasteiger partial charge is 0.284 e. The van der Waals surface area contributed by atoms with Gasteiger partial charge in [0.25, 0.3) is 0 Å². The Morgan fingerprint density at radius 1 is 0.583 bits per heavy atom. The predicted molar refractivity (Wildman–Crippen MR) is 97.8 cm³/mol. The summed E-state index contributed by atoms with van der Waals surface area (Å²) in [6.45, 7) is 1.05. The zero-order chi connectivity index (χ0) is 15.9. The lowest BCUT2D eigenvalue weighted by atomic mass is 9.79. The molecule has 0 fully saturated rings. The highest BCUT2D eigenvalue weighted by Crippen LogP contribution is 2.45. The van der Waals surface area contributed by atoms with Crippen LogP contribution in [0.5, 0.6) is 0 Å². The van der Waals surface area contributed by atoms with Gasteiger partial charge in [-0.05, 0) is 40.7 Å². The van der Waals surface area contributed by atoms with Gasteiger partial charge in [0.05, 0.1) is 0 Å². The second-order valence-electron chi connectivity index (χ2n) is 6.99. The first-order chi connectivity index (χ1) is 11.9. The van der Waals surface area contributed by atoms with Crippen LogP contribution in [0.4, 0.5) is 0 Å². The van der Waals surface area contributed by atoms with Gasteiger partial charge in [-0.25, -0.2) is 0 Å². The maximum Gasteiger partial charge on any atom is 0.0401 e. The minimum absolute atomic E-state index is 0.472. The van der Waals surface area contributed by atoms with Crippen LogP contribution >= 0.6 is 0 Å². The number of hydrogen-bond acceptors (Lipinski definition) is 1. The van der Waals surface area contributed by atoms with Gasteiger partial charge in [0.2, 0.25) is 0 Å². The quantitative estimate of drug-likeness (QED) is 0.605. The van der Waals surface area contributed by atoms with Gasteiger partial charge in [0.15, 0.2) is 0 Å². The molecule has 24 heavy (non-hydrogen) atoms. The predicted octanol–water partition coefficient (Wildman–Crippen LogP) is 5.08. The molecule has 1 heteroatoms. The van der Waals surface area contributed by atoms with E-state index in [1.165, 1.54) is 27.8 Å². The maximum absolute atomic E-state index is 2.72. The standard InChI is InChI=1S/C23H21N/c1-2-8-17(9-3-1)22-15-19-11-6-7-13-21(19)23-14-18-10-4-5-12-20(18)16-24(22)23/h1-13,22-23H,14-16H2. The molecular formula is C23H21N. The van der Waals surface area contributed by atoms with Crippen molar-refractivity contribution in [1.82, 2.24) is 4.90 Å². The normalized spacial score (nSPS) is 22.3. The van der Waals surface area contributed by atoms with Crippen LogP contribution in [-0.2, 0) is 19.4 Å². The zero-order valence-corrected chi connectivity index (χ0v) is 13.7. The van der Waals surface area contributed by atoms with E-state index in [2.05, 4.69) is 83.8 Å². The summed E-state index contributed by atoms with van der Waals surface area (Å²) in [4.78, 5) is 2.72. The molecule has 2 atom stereocenters. The number of rotatable bonds is 1. The zero-order valence-electron chi connectivity index (χ0n) is 13.7. The first-order valence-corrected chi connectivity index (χ1v) is 8.85. The van der Waals surface area contributed by atoms with Crippen LogP contribution in [0.3, 0.4) is 0 Å².